The molecule has 2 aromatic heterocycles. The van der Waals surface area contributed by atoms with E-state index in [9.17, 15) is 9.90 Å². The van der Waals surface area contributed by atoms with E-state index in [0.29, 0.717) is 11.3 Å². The Morgan fingerprint density at radius 3 is 2.86 bits per heavy atom. The lowest BCUT2D eigenvalue weighted by Crippen LogP contribution is -2.22. The van der Waals surface area contributed by atoms with E-state index < -0.39 is 0 Å². The number of hydrogen-bond donors (Lipinski definition) is 2. The molecule has 0 aliphatic carbocycles. The number of carbonyl (C=O) groups is 1. The van der Waals surface area contributed by atoms with E-state index in [1.54, 1.807) is 12.3 Å². The van der Waals surface area contributed by atoms with Gasteiger partial charge in [-0.1, -0.05) is 0 Å². The largest absolute Gasteiger partial charge is 0.506 e. The maximum Gasteiger partial charge on any atom is 0.257 e. The van der Waals surface area contributed by atoms with Gasteiger partial charge in [-0.3, -0.25) is 9.78 Å². The highest BCUT2D eigenvalue weighted by atomic mass is 16.3. The summed E-state index contributed by atoms with van der Waals surface area (Å²) in [5.74, 6) is 0.442. The smallest absolute Gasteiger partial charge is 0.257 e. The average molecular weight is 284 g/mol. The molecular weight excluding hydrogens is 268 g/mol. The van der Waals surface area contributed by atoms with E-state index in [1.165, 1.54) is 18.5 Å². The van der Waals surface area contributed by atoms with Gasteiger partial charge in [0, 0.05) is 25.5 Å². The van der Waals surface area contributed by atoms with Gasteiger partial charge in [0.05, 0.1) is 17.4 Å². The summed E-state index contributed by atoms with van der Waals surface area (Å²) in [5.41, 5.74) is 0.985. The maximum absolute atomic E-state index is 12.2. The molecule has 3 rings (SSSR count). The molecule has 0 spiro atoms. The summed E-state index contributed by atoms with van der Waals surface area (Å²) in [6.45, 7) is 1.90. The molecule has 2 aromatic rings. The highest BCUT2D eigenvalue weighted by molar-refractivity contribution is 6.05. The summed E-state index contributed by atoms with van der Waals surface area (Å²) in [6.07, 6.45) is 6.71. The standard InChI is InChI=1S/C15H16N4O2/c20-12-8-11(9-16-10-12)15(21)18-13-4-3-5-17-14(13)19-6-1-2-7-19/h3-5,8-10,20H,1-2,6-7H2,(H,18,21). The van der Waals surface area contributed by atoms with Crippen molar-refractivity contribution < 1.29 is 9.90 Å². The molecule has 1 saturated heterocycles. The molecular formula is C15H16N4O2. The van der Waals surface area contributed by atoms with E-state index in [4.69, 9.17) is 0 Å². The van der Waals surface area contributed by atoms with Crippen LogP contribution in [0.4, 0.5) is 11.5 Å². The van der Waals surface area contributed by atoms with E-state index in [1.807, 2.05) is 6.07 Å². The molecule has 2 N–H and O–H groups in total. The van der Waals surface area contributed by atoms with Crippen LogP contribution >= 0.6 is 0 Å². The molecule has 0 radical (unpaired) electrons. The second kappa shape index (κ2) is 5.78. The highest BCUT2D eigenvalue weighted by Gasteiger charge is 2.18. The Kier molecular flexibility index (Phi) is 3.68. The van der Waals surface area contributed by atoms with Gasteiger partial charge in [0.25, 0.3) is 5.91 Å². The van der Waals surface area contributed by atoms with Gasteiger partial charge in [0.15, 0.2) is 5.82 Å². The Hall–Kier alpha value is -2.63. The van der Waals surface area contributed by atoms with Crippen molar-refractivity contribution in [3.05, 3.63) is 42.4 Å². The zero-order chi connectivity index (χ0) is 14.7. The summed E-state index contributed by atoms with van der Waals surface area (Å²) < 4.78 is 0. The van der Waals surface area contributed by atoms with Crippen molar-refractivity contribution in [3.63, 3.8) is 0 Å². The number of pyridine rings is 2. The third kappa shape index (κ3) is 2.94. The number of aromatic nitrogens is 2. The normalized spacial score (nSPS) is 14.2. The average Bonchev–Trinajstić information content (AvgIpc) is 3.02. The van der Waals surface area contributed by atoms with Crippen LogP contribution in [0.3, 0.4) is 0 Å². The Labute approximate surface area is 122 Å². The van der Waals surface area contributed by atoms with Crippen molar-refractivity contribution >= 4 is 17.4 Å². The molecule has 0 aromatic carbocycles. The summed E-state index contributed by atoms with van der Waals surface area (Å²) >= 11 is 0. The third-order valence-corrected chi connectivity index (χ3v) is 3.43. The number of nitrogens with one attached hydrogen (secondary N) is 1. The fourth-order valence-corrected chi connectivity index (χ4v) is 2.42. The number of anilines is 2. The van der Waals surface area contributed by atoms with Crippen LogP contribution in [0.1, 0.15) is 23.2 Å². The van der Waals surface area contributed by atoms with Crippen molar-refractivity contribution in [2.75, 3.05) is 23.3 Å². The van der Waals surface area contributed by atoms with Crippen LogP contribution in [0.15, 0.2) is 36.8 Å². The molecule has 0 saturated carbocycles. The van der Waals surface area contributed by atoms with Gasteiger partial charge < -0.3 is 15.3 Å². The van der Waals surface area contributed by atoms with E-state index in [2.05, 4.69) is 20.2 Å². The molecule has 1 amide bonds. The number of nitrogens with zero attached hydrogens (tertiary/aromatic N) is 3. The number of rotatable bonds is 3. The van der Waals surface area contributed by atoms with Gasteiger partial charge in [-0.2, -0.15) is 0 Å². The molecule has 1 fully saturated rings. The van der Waals surface area contributed by atoms with E-state index >= 15 is 0 Å². The minimum absolute atomic E-state index is 0.0337. The first-order valence-corrected chi connectivity index (χ1v) is 6.89. The SMILES string of the molecule is O=C(Nc1cccnc1N1CCCC1)c1cncc(O)c1. The van der Waals surface area contributed by atoms with Crippen molar-refractivity contribution in [2.45, 2.75) is 12.8 Å². The summed E-state index contributed by atoms with van der Waals surface area (Å²) in [5, 5.41) is 12.2. The van der Waals surface area contributed by atoms with Crippen LogP contribution in [-0.2, 0) is 0 Å². The lowest BCUT2D eigenvalue weighted by Gasteiger charge is -2.19. The molecule has 0 atom stereocenters. The Bertz CT molecular complexity index is 654. The van der Waals surface area contributed by atoms with Crippen molar-refractivity contribution in [3.8, 4) is 5.75 Å². The topological polar surface area (TPSA) is 78.4 Å². The number of hydrogen-bond acceptors (Lipinski definition) is 5. The van der Waals surface area contributed by atoms with Crippen molar-refractivity contribution in [1.82, 2.24) is 9.97 Å². The molecule has 21 heavy (non-hydrogen) atoms. The van der Waals surface area contributed by atoms with Crippen LogP contribution in [0, 0.1) is 0 Å². The van der Waals surface area contributed by atoms with Crippen molar-refractivity contribution in [1.29, 1.82) is 0 Å². The zero-order valence-electron chi connectivity index (χ0n) is 11.5. The first kappa shape index (κ1) is 13.4. The first-order valence-electron chi connectivity index (χ1n) is 6.89. The fourth-order valence-electron chi connectivity index (χ4n) is 2.42. The predicted molar refractivity (Wildman–Crippen MR) is 79.5 cm³/mol. The number of aromatic hydroxyl groups is 1. The molecule has 0 bridgehead atoms. The molecule has 6 heteroatoms. The van der Waals surface area contributed by atoms with Gasteiger partial charge in [-0.25, -0.2) is 4.98 Å². The quantitative estimate of drug-likeness (QED) is 0.901. The summed E-state index contributed by atoms with van der Waals surface area (Å²) in [6, 6.07) is 5.00. The molecule has 0 unspecified atom stereocenters. The van der Waals surface area contributed by atoms with Crippen LogP contribution in [0.2, 0.25) is 0 Å². The molecule has 108 valence electrons. The van der Waals surface area contributed by atoms with E-state index in [0.717, 1.165) is 31.7 Å². The van der Waals surface area contributed by atoms with Crippen molar-refractivity contribution in [2.24, 2.45) is 0 Å². The molecule has 6 nitrogen and oxygen atoms in total. The second-order valence-corrected chi connectivity index (χ2v) is 4.95. The second-order valence-electron chi connectivity index (χ2n) is 4.95. The van der Waals surface area contributed by atoms with Crippen LogP contribution in [-0.4, -0.2) is 34.1 Å². The number of carbonyl (C=O) groups excluding carboxylic acids is 1. The summed E-state index contributed by atoms with van der Waals surface area (Å²) in [4.78, 5) is 22.6. The van der Waals surface area contributed by atoms with Gasteiger partial charge in [0.2, 0.25) is 0 Å². The maximum atomic E-state index is 12.2. The van der Waals surface area contributed by atoms with Gasteiger partial charge in [-0.05, 0) is 31.0 Å². The molecule has 1 aliphatic heterocycles. The zero-order valence-corrected chi connectivity index (χ0v) is 11.5. The fraction of sp³-hybridized carbons (Fsp3) is 0.267. The molecule has 1 aliphatic rings. The van der Waals surface area contributed by atoms with Crippen LogP contribution in [0.25, 0.3) is 0 Å². The van der Waals surface area contributed by atoms with Gasteiger partial charge in [-0.15, -0.1) is 0 Å². The Morgan fingerprint density at radius 2 is 2.10 bits per heavy atom. The first-order chi connectivity index (χ1) is 10.2. The predicted octanol–water partition coefficient (Wildman–Crippen LogP) is 2.03. The van der Waals surface area contributed by atoms with Crippen LogP contribution in [0.5, 0.6) is 5.75 Å². The lowest BCUT2D eigenvalue weighted by molar-refractivity contribution is 0.102. The minimum Gasteiger partial charge on any atom is -0.506 e. The molecule has 3 heterocycles. The lowest BCUT2D eigenvalue weighted by atomic mass is 10.2. The summed E-state index contributed by atoms with van der Waals surface area (Å²) in [7, 11) is 0. The minimum atomic E-state index is -0.313. The monoisotopic (exact) mass is 284 g/mol. The van der Waals surface area contributed by atoms with E-state index in [-0.39, 0.29) is 11.7 Å². The highest BCUT2D eigenvalue weighted by Crippen LogP contribution is 2.26. The third-order valence-electron chi connectivity index (χ3n) is 3.43. The Balaban J connectivity index is 1.83. The van der Waals surface area contributed by atoms with Crippen LogP contribution < -0.4 is 10.2 Å². The number of amides is 1. The van der Waals surface area contributed by atoms with Gasteiger partial charge in [0.1, 0.15) is 5.75 Å². The Morgan fingerprint density at radius 1 is 1.29 bits per heavy atom. The van der Waals surface area contributed by atoms with Gasteiger partial charge >= 0.3 is 0 Å².